The fourth-order valence-electron chi connectivity index (χ4n) is 1.73. The molecule has 1 aromatic carbocycles. The van der Waals surface area contributed by atoms with E-state index in [1.165, 1.54) is 6.20 Å². The minimum atomic E-state index is -0.442. The van der Waals surface area contributed by atoms with Gasteiger partial charge in [0.25, 0.3) is 0 Å². The minimum Gasteiger partial charge on any atom is -0.392 e. The second-order valence-corrected chi connectivity index (χ2v) is 3.98. The van der Waals surface area contributed by atoms with Crippen LogP contribution in [0.5, 0.6) is 0 Å². The van der Waals surface area contributed by atoms with Crippen LogP contribution in [-0.2, 0) is 13.2 Å². The summed E-state index contributed by atoms with van der Waals surface area (Å²) in [6.07, 6.45) is 1.26. The lowest BCUT2D eigenvalue weighted by Crippen LogP contribution is -2.06. The molecular weight excluding hydrogens is 234 g/mol. The maximum Gasteiger partial charge on any atom is 0.343 e. The maximum absolute atomic E-state index is 10.8. The summed E-state index contributed by atoms with van der Waals surface area (Å²) in [5.74, 6) is 0.590. The van der Waals surface area contributed by atoms with Crippen molar-refractivity contribution < 1.29 is 10.0 Å². The predicted molar refractivity (Wildman–Crippen MR) is 65.1 cm³/mol. The van der Waals surface area contributed by atoms with Crippen molar-refractivity contribution in [3.8, 4) is 0 Å². The molecule has 2 rings (SSSR count). The fourth-order valence-corrected chi connectivity index (χ4v) is 1.73. The number of imidazole rings is 1. The number of aliphatic hydroxyl groups excluding tert-OH is 1. The molecule has 0 saturated carbocycles. The van der Waals surface area contributed by atoms with E-state index in [1.807, 2.05) is 12.1 Å². The number of nitrogens with zero attached hydrogens (tertiary/aromatic N) is 3. The normalized spacial score (nSPS) is 10.6. The van der Waals surface area contributed by atoms with Gasteiger partial charge in [0.2, 0.25) is 0 Å². The van der Waals surface area contributed by atoms with E-state index in [1.54, 1.807) is 23.6 Å². The van der Waals surface area contributed by atoms with Gasteiger partial charge in [-0.05, 0) is 16.1 Å². The summed E-state index contributed by atoms with van der Waals surface area (Å²) in [6, 6.07) is 7.28. The van der Waals surface area contributed by atoms with Crippen molar-refractivity contribution in [2.45, 2.75) is 20.1 Å². The molecule has 1 heterocycles. The summed E-state index contributed by atoms with van der Waals surface area (Å²) in [7, 11) is 0. The van der Waals surface area contributed by atoms with Crippen LogP contribution in [0.3, 0.4) is 0 Å². The zero-order valence-electron chi connectivity index (χ0n) is 9.91. The Morgan fingerprint density at radius 3 is 2.50 bits per heavy atom. The molecule has 0 aliphatic heterocycles. The average molecular weight is 247 g/mol. The Hall–Kier alpha value is -2.21. The van der Waals surface area contributed by atoms with E-state index in [-0.39, 0.29) is 12.4 Å². The molecule has 0 radical (unpaired) electrons. The average Bonchev–Trinajstić information content (AvgIpc) is 2.72. The SMILES string of the molecule is Cc1ncc([N+](=O)[O-])n1Cc1ccc(CO)cc1. The van der Waals surface area contributed by atoms with Crippen molar-refractivity contribution in [1.82, 2.24) is 9.55 Å². The number of rotatable bonds is 4. The first-order chi connectivity index (χ1) is 8.61. The molecule has 0 fully saturated rings. The second-order valence-electron chi connectivity index (χ2n) is 3.98. The molecule has 0 spiro atoms. The van der Waals surface area contributed by atoms with E-state index in [0.717, 1.165) is 11.1 Å². The number of nitro groups is 1. The first-order valence-electron chi connectivity index (χ1n) is 5.47. The fraction of sp³-hybridized carbons (Fsp3) is 0.250. The van der Waals surface area contributed by atoms with Crippen molar-refractivity contribution in [2.75, 3.05) is 0 Å². The van der Waals surface area contributed by atoms with Crippen LogP contribution in [-0.4, -0.2) is 19.6 Å². The van der Waals surface area contributed by atoms with Gasteiger partial charge in [0, 0.05) is 6.92 Å². The lowest BCUT2D eigenvalue weighted by molar-refractivity contribution is -0.392. The molecule has 0 saturated heterocycles. The summed E-state index contributed by atoms with van der Waals surface area (Å²) >= 11 is 0. The molecule has 0 bridgehead atoms. The van der Waals surface area contributed by atoms with Crippen LogP contribution in [0.2, 0.25) is 0 Å². The Morgan fingerprint density at radius 2 is 1.94 bits per heavy atom. The van der Waals surface area contributed by atoms with Crippen LogP contribution < -0.4 is 0 Å². The van der Waals surface area contributed by atoms with Crippen molar-refractivity contribution >= 4 is 5.82 Å². The Bertz CT molecular complexity index is 560. The van der Waals surface area contributed by atoms with Gasteiger partial charge in [-0.3, -0.25) is 0 Å². The number of hydrogen-bond donors (Lipinski definition) is 1. The molecule has 6 heteroatoms. The van der Waals surface area contributed by atoms with E-state index in [4.69, 9.17) is 5.11 Å². The van der Waals surface area contributed by atoms with Crippen LogP contribution in [0.1, 0.15) is 17.0 Å². The molecule has 6 nitrogen and oxygen atoms in total. The smallest absolute Gasteiger partial charge is 0.343 e. The predicted octanol–water partition coefficient (Wildman–Crippen LogP) is 1.64. The highest BCUT2D eigenvalue weighted by atomic mass is 16.6. The standard InChI is InChI=1S/C12H13N3O3/c1-9-13-6-12(15(17)18)14(9)7-10-2-4-11(8-16)5-3-10/h2-6,16H,7-8H2,1H3. The van der Waals surface area contributed by atoms with E-state index >= 15 is 0 Å². The van der Waals surface area contributed by atoms with Gasteiger partial charge in [0.05, 0.1) is 6.61 Å². The lowest BCUT2D eigenvalue weighted by Gasteiger charge is -2.04. The van der Waals surface area contributed by atoms with E-state index in [9.17, 15) is 10.1 Å². The Balaban J connectivity index is 2.27. The third-order valence-corrected chi connectivity index (χ3v) is 2.77. The lowest BCUT2D eigenvalue weighted by atomic mass is 10.1. The first kappa shape index (κ1) is 12.3. The first-order valence-corrected chi connectivity index (χ1v) is 5.47. The quantitative estimate of drug-likeness (QED) is 0.657. The number of aryl methyl sites for hydroxylation is 1. The summed E-state index contributed by atoms with van der Waals surface area (Å²) in [4.78, 5) is 14.3. The molecule has 0 aliphatic carbocycles. The van der Waals surface area contributed by atoms with Gasteiger partial charge in [0.1, 0.15) is 12.7 Å². The zero-order valence-corrected chi connectivity index (χ0v) is 9.91. The van der Waals surface area contributed by atoms with Crippen LogP contribution in [0, 0.1) is 17.0 Å². The number of aliphatic hydroxyl groups is 1. The van der Waals surface area contributed by atoms with Gasteiger partial charge in [-0.2, -0.15) is 0 Å². The Morgan fingerprint density at radius 1 is 1.33 bits per heavy atom. The van der Waals surface area contributed by atoms with Crippen molar-refractivity contribution in [1.29, 1.82) is 0 Å². The molecule has 0 amide bonds. The molecule has 0 aliphatic rings. The number of benzene rings is 1. The third kappa shape index (κ3) is 2.38. The minimum absolute atomic E-state index is 0.00939. The molecule has 2 aromatic rings. The van der Waals surface area contributed by atoms with Crippen molar-refractivity contribution in [2.24, 2.45) is 0 Å². The highest BCUT2D eigenvalue weighted by Gasteiger charge is 2.17. The van der Waals surface area contributed by atoms with Crippen LogP contribution >= 0.6 is 0 Å². The van der Waals surface area contributed by atoms with Gasteiger partial charge >= 0.3 is 5.82 Å². The van der Waals surface area contributed by atoms with E-state index in [0.29, 0.717) is 12.4 Å². The molecule has 94 valence electrons. The summed E-state index contributed by atoms with van der Waals surface area (Å²) in [5.41, 5.74) is 1.74. The van der Waals surface area contributed by atoms with Crippen molar-refractivity contribution in [3.63, 3.8) is 0 Å². The zero-order chi connectivity index (χ0) is 13.1. The number of aromatic nitrogens is 2. The molecule has 0 unspecified atom stereocenters. The summed E-state index contributed by atoms with van der Waals surface area (Å²) < 4.78 is 1.55. The van der Waals surface area contributed by atoms with E-state index < -0.39 is 4.92 Å². The largest absolute Gasteiger partial charge is 0.392 e. The monoisotopic (exact) mass is 247 g/mol. The van der Waals surface area contributed by atoms with Crippen molar-refractivity contribution in [3.05, 3.63) is 57.5 Å². The van der Waals surface area contributed by atoms with Gasteiger partial charge < -0.3 is 15.2 Å². The molecule has 18 heavy (non-hydrogen) atoms. The third-order valence-electron chi connectivity index (χ3n) is 2.77. The second kappa shape index (κ2) is 4.97. The topological polar surface area (TPSA) is 81.2 Å². The molecular formula is C12H13N3O3. The molecule has 1 N–H and O–H groups in total. The summed E-state index contributed by atoms with van der Waals surface area (Å²) in [5, 5.41) is 19.8. The highest BCUT2D eigenvalue weighted by molar-refractivity contribution is 5.26. The Kier molecular flexibility index (Phi) is 3.38. The maximum atomic E-state index is 10.8. The van der Waals surface area contributed by atoms with Gasteiger partial charge in [0.15, 0.2) is 5.82 Å². The Labute approximate surface area is 104 Å². The number of hydrogen-bond acceptors (Lipinski definition) is 4. The molecule has 1 aromatic heterocycles. The van der Waals surface area contributed by atoms with Crippen LogP contribution in [0.4, 0.5) is 5.82 Å². The van der Waals surface area contributed by atoms with Gasteiger partial charge in [-0.1, -0.05) is 24.3 Å². The van der Waals surface area contributed by atoms with Crippen LogP contribution in [0.15, 0.2) is 30.5 Å². The van der Waals surface area contributed by atoms with Gasteiger partial charge in [-0.15, -0.1) is 0 Å². The van der Waals surface area contributed by atoms with Crippen LogP contribution in [0.25, 0.3) is 0 Å². The molecule has 0 atom stereocenters. The summed E-state index contributed by atoms with van der Waals surface area (Å²) in [6.45, 7) is 2.12. The highest BCUT2D eigenvalue weighted by Crippen LogP contribution is 2.16. The van der Waals surface area contributed by atoms with E-state index in [2.05, 4.69) is 4.98 Å². The van der Waals surface area contributed by atoms with Gasteiger partial charge in [-0.25, -0.2) is 9.55 Å².